The van der Waals surface area contributed by atoms with Gasteiger partial charge >= 0.3 is 0 Å². The van der Waals surface area contributed by atoms with Gasteiger partial charge in [0.1, 0.15) is 19.0 Å². The molecule has 0 radical (unpaired) electrons. The molecule has 0 aliphatic carbocycles. The van der Waals surface area contributed by atoms with Gasteiger partial charge in [-0.2, -0.15) is 0 Å². The van der Waals surface area contributed by atoms with Crippen LogP contribution in [-0.2, 0) is 9.59 Å². The van der Waals surface area contributed by atoms with Crippen LogP contribution in [0.3, 0.4) is 0 Å². The Balaban J connectivity index is 1.48. The van der Waals surface area contributed by atoms with Crippen LogP contribution in [0.1, 0.15) is 6.42 Å². The molecule has 4 rings (SSSR count). The summed E-state index contributed by atoms with van der Waals surface area (Å²) in [5.41, 5.74) is 1.30. The molecule has 0 spiro atoms. The number of nitrogens with zero attached hydrogens (tertiary/aromatic N) is 1. The SMILES string of the molecule is COc1ccccc1NC(=O)[C@H]1CC(=O)N(c2ccc3c(c2)OCCO3)C1. The number of ether oxygens (including phenoxy) is 3. The van der Waals surface area contributed by atoms with Crippen molar-refractivity contribution in [2.24, 2.45) is 5.92 Å². The number of amides is 2. The molecule has 1 saturated heterocycles. The minimum Gasteiger partial charge on any atom is -0.495 e. The van der Waals surface area contributed by atoms with E-state index in [4.69, 9.17) is 14.2 Å². The van der Waals surface area contributed by atoms with Crippen LogP contribution in [0.2, 0.25) is 0 Å². The molecule has 2 amide bonds. The fourth-order valence-corrected chi connectivity index (χ4v) is 3.32. The first kappa shape index (κ1) is 17.2. The predicted molar refractivity (Wildman–Crippen MR) is 99.5 cm³/mol. The van der Waals surface area contributed by atoms with Gasteiger partial charge < -0.3 is 24.4 Å². The van der Waals surface area contributed by atoms with Crippen LogP contribution in [0.4, 0.5) is 11.4 Å². The number of rotatable bonds is 4. The van der Waals surface area contributed by atoms with Crippen LogP contribution in [0.5, 0.6) is 17.2 Å². The van der Waals surface area contributed by atoms with Crippen molar-refractivity contribution in [2.45, 2.75) is 6.42 Å². The molecule has 2 heterocycles. The van der Waals surface area contributed by atoms with Crippen molar-refractivity contribution >= 4 is 23.2 Å². The third-order valence-electron chi connectivity index (χ3n) is 4.70. The molecule has 2 aromatic carbocycles. The smallest absolute Gasteiger partial charge is 0.229 e. The van der Waals surface area contributed by atoms with E-state index in [-0.39, 0.29) is 18.2 Å². The van der Waals surface area contributed by atoms with E-state index in [0.29, 0.717) is 48.4 Å². The number of hydrogen-bond donors (Lipinski definition) is 1. The zero-order chi connectivity index (χ0) is 18.8. The molecule has 0 aromatic heterocycles. The fourth-order valence-electron chi connectivity index (χ4n) is 3.32. The Morgan fingerprint density at radius 1 is 1.15 bits per heavy atom. The van der Waals surface area contributed by atoms with Crippen molar-refractivity contribution < 1.29 is 23.8 Å². The first-order valence-corrected chi connectivity index (χ1v) is 8.79. The van der Waals surface area contributed by atoms with Crippen LogP contribution >= 0.6 is 0 Å². The largest absolute Gasteiger partial charge is 0.495 e. The zero-order valence-electron chi connectivity index (χ0n) is 14.9. The predicted octanol–water partition coefficient (Wildman–Crippen LogP) is 2.46. The van der Waals surface area contributed by atoms with Crippen LogP contribution in [0.25, 0.3) is 0 Å². The lowest BCUT2D eigenvalue weighted by atomic mass is 10.1. The third-order valence-corrected chi connectivity index (χ3v) is 4.70. The molecule has 0 bridgehead atoms. The summed E-state index contributed by atoms with van der Waals surface area (Å²) < 4.78 is 16.3. The Hall–Kier alpha value is -3.22. The number of carbonyl (C=O) groups excluding carboxylic acids is 2. The number of hydrogen-bond acceptors (Lipinski definition) is 5. The van der Waals surface area contributed by atoms with Gasteiger partial charge in [-0.15, -0.1) is 0 Å². The molecule has 27 heavy (non-hydrogen) atoms. The lowest BCUT2D eigenvalue weighted by molar-refractivity contribution is -0.122. The first-order valence-electron chi connectivity index (χ1n) is 8.79. The van der Waals surface area contributed by atoms with Crippen LogP contribution in [-0.4, -0.2) is 38.7 Å². The number of anilines is 2. The molecule has 2 aliphatic heterocycles. The van der Waals surface area contributed by atoms with Crippen molar-refractivity contribution in [1.29, 1.82) is 0 Å². The molecule has 7 heteroatoms. The lowest BCUT2D eigenvalue weighted by Gasteiger charge is -2.22. The van der Waals surface area contributed by atoms with E-state index in [1.165, 1.54) is 0 Å². The van der Waals surface area contributed by atoms with E-state index in [9.17, 15) is 9.59 Å². The summed E-state index contributed by atoms with van der Waals surface area (Å²) in [5.74, 6) is 1.14. The van der Waals surface area contributed by atoms with E-state index in [1.54, 1.807) is 36.3 Å². The van der Waals surface area contributed by atoms with Crippen molar-refractivity contribution in [3.63, 3.8) is 0 Å². The van der Waals surface area contributed by atoms with E-state index in [0.717, 1.165) is 0 Å². The molecule has 0 saturated carbocycles. The zero-order valence-corrected chi connectivity index (χ0v) is 14.9. The second-order valence-electron chi connectivity index (χ2n) is 6.42. The number of carbonyl (C=O) groups is 2. The van der Waals surface area contributed by atoms with Gasteiger partial charge in [0.15, 0.2) is 11.5 Å². The van der Waals surface area contributed by atoms with Crippen LogP contribution in [0.15, 0.2) is 42.5 Å². The highest BCUT2D eigenvalue weighted by Gasteiger charge is 2.35. The fraction of sp³-hybridized carbons (Fsp3) is 0.300. The van der Waals surface area contributed by atoms with Crippen molar-refractivity contribution in [3.05, 3.63) is 42.5 Å². The summed E-state index contributed by atoms with van der Waals surface area (Å²) in [6.45, 7) is 1.31. The second kappa shape index (κ2) is 7.19. The van der Waals surface area contributed by atoms with Crippen molar-refractivity contribution in [2.75, 3.05) is 37.1 Å². The maximum absolute atomic E-state index is 12.6. The maximum atomic E-state index is 12.6. The molecule has 0 unspecified atom stereocenters. The number of fused-ring (bicyclic) bond motifs is 1. The summed E-state index contributed by atoms with van der Waals surface area (Å²) in [7, 11) is 1.55. The van der Waals surface area contributed by atoms with Gasteiger partial charge in [-0.05, 0) is 24.3 Å². The van der Waals surface area contributed by atoms with Crippen molar-refractivity contribution in [1.82, 2.24) is 0 Å². The van der Waals surface area contributed by atoms with E-state index in [1.807, 2.05) is 18.2 Å². The Morgan fingerprint density at radius 3 is 2.74 bits per heavy atom. The third kappa shape index (κ3) is 3.40. The quantitative estimate of drug-likeness (QED) is 0.897. The summed E-state index contributed by atoms with van der Waals surface area (Å²) >= 11 is 0. The Morgan fingerprint density at radius 2 is 1.93 bits per heavy atom. The summed E-state index contributed by atoms with van der Waals surface area (Å²) in [4.78, 5) is 26.7. The highest BCUT2D eigenvalue weighted by molar-refractivity contribution is 6.04. The highest BCUT2D eigenvalue weighted by atomic mass is 16.6. The number of nitrogens with one attached hydrogen (secondary N) is 1. The normalized spacial score (nSPS) is 18.3. The molecule has 7 nitrogen and oxygen atoms in total. The summed E-state index contributed by atoms with van der Waals surface area (Å²) in [5, 5.41) is 2.86. The molecular weight excluding hydrogens is 348 g/mol. The molecule has 2 aliphatic rings. The number of para-hydroxylation sites is 2. The highest BCUT2D eigenvalue weighted by Crippen LogP contribution is 2.36. The Labute approximate surface area is 156 Å². The average Bonchev–Trinajstić information content (AvgIpc) is 3.10. The van der Waals surface area contributed by atoms with E-state index < -0.39 is 5.92 Å². The molecule has 1 atom stereocenters. The standard InChI is InChI=1S/C20H20N2O5/c1-25-16-5-3-2-4-15(16)21-20(24)13-10-19(23)22(12-13)14-6-7-17-18(11-14)27-9-8-26-17/h2-7,11,13H,8-10,12H2,1H3,(H,21,24)/t13-/m0/s1. The van der Waals surface area contributed by atoms with Crippen molar-refractivity contribution in [3.8, 4) is 17.2 Å². The average molecular weight is 368 g/mol. The first-order chi connectivity index (χ1) is 13.2. The Kier molecular flexibility index (Phi) is 4.58. The van der Waals surface area contributed by atoms with Gasteiger partial charge in [0, 0.05) is 24.7 Å². The topological polar surface area (TPSA) is 77.1 Å². The minimum absolute atomic E-state index is 0.0909. The van der Waals surface area contributed by atoms with Gasteiger partial charge in [-0.1, -0.05) is 12.1 Å². The molecule has 2 aromatic rings. The van der Waals surface area contributed by atoms with Gasteiger partial charge in [-0.25, -0.2) is 0 Å². The van der Waals surface area contributed by atoms with Gasteiger partial charge in [0.05, 0.1) is 18.7 Å². The molecule has 140 valence electrons. The minimum atomic E-state index is -0.435. The number of methoxy groups -OCH3 is 1. The summed E-state index contributed by atoms with van der Waals surface area (Å²) in [6, 6.07) is 12.6. The lowest BCUT2D eigenvalue weighted by Crippen LogP contribution is -2.28. The number of benzene rings is 2. The van der Waals surface area contributed by atoms with Crippen LogP contribution < -0.4 is 24.4 Å². The molecule has 1 N–H and O–H groups in total. The van der Waals surface area contributed by atoms with Gasteiger partial charge in [-0.3, -0.25) is 9.59 Å². The molecule has 1 fully saturated rings. The molecular formula is C20H20N2O5. The van der Waals surface area contributed by atoms with E-state index >= 15 is 0 Å². The van der Waals surface area contributed by atoms with Gasteiger partial charge in [0.25, 0.3) is 0 Å². The second-order valence-corrected chi connectivity index (χ2v) is 6.42. The Bertz CT molecular complexity index is 882. The van der Waals surface area contributed by atoms with E-state index in [2.05, 4.69) is 5.32 Å². The maximum Gasteiger partial charge on any atom is 0.229 e. The van der Waals surface area contributed by atoms with Crippen LogP contribution in [0, 0.1) is 5.92 Å². The van der Waals surface area contributed by atoms with Gasteiger partial charge in [0.2, 0.25) is 11.8 Å². The monoisotopic (exact) mass is 368 g/mol. The summed E-state index contributed by atoms with van der Waals surface area (Å²) in [6.07, 6.45) is 0.162.